The van der Waals surface area contributed by atoms with Gasteiger partial charge in [-0.3, -0.25) is 4.79 Å². The van der Waals surface area contributed by atoms with Gasteiger partial charge >= 0.3 is 5.97 Å². The Morgan fingerprint density at radius 2 is 1.86 bits per heavy atom. The molecule has 5 heteroatoms. The third-order valence-electron chi connectivity index (χ3n) is 1.64. The number of hydrogen-bond acceptors (Lipinski definition) is 1. The summed E-state index contributed by atoms with van der Waals surface area (Å²) in [6, 6.07) is 5.30. The van der Waals surface area contributed by atoms with Gasteiger partial charge in [-0.25, -0.2) is 8.78 Å². The fourth-order valence-electron chi connectivity index (χ4n) is 0.986. The van der Waals surface area contributed by atoms with Crippen LogP contribution in [0.25, 0.3) is 0 Å². The number of benzene rings is 1. The smallest absolute Gasteiger partial charge is 0.309 e. The van der Waals surface area contributed by atoms with Crippen LogP contribution < -0.4 is 0 Å². The third-order valence-corrected chi connectivity index (χ3v) is 2.17. The minimum Gasteiger partial charge on any atom is -0.481 e. The zero-order valence-electron chi connectivity index (χ0n) is 7.01. The second-order valence-electron chi connectivity index (χ2n) is 2.78. The maximum absolute atomic E-state index is 13.1. The Labute approximate surface area is 87.7 Å². The fourth-order valence-corrected chi connectivity index (χ4v) is 1.25. The highest BCUT2D eigenvalue weighted by molar-refractivity contribution is 9.10. The van der Waals surface area contributed by atoms with E-state index < -0.39 is 18.3 Å². The number of carboxylic acids is 1. The standard InChI is InChI=1S/C9H7BrF2O2/c10-7-3-1-6(2-4-7)9(11,12)5-8(13)14/h1-4H,5H2,(H,13,14). The van der Waals surface area contributed by atoms with Gasteiger partial charge in [0.05, 0.1) is 0 Å². The molecule has 1 N–H and O–H groups in total. The van der Waals surface area contributed by atoms with E-state index in [1.54, 1.807) is 0 Å². The Balaban J connectivity index is 2.91. The van der Waals surface area contributed by atoms with Crippen LogP contribution in [-0.2, 0) is 10.7 Å². The molecule has 1 aromatic rings. The zero-order valence-corrected chi connectivity index (χ0v) is 8.59. The molecule has 2 nitrogen and oxygen atoms in total. The van der Waals surface area contributed by atoms with Crippen LogP contribution in [0.3, 0.4) is 0 Å². The van der Waals surface area contributed by atoms with Gasteiger partial charge in [-0.15, -0.1) is 0 Å². The normalized spacial score (nSPS) is 11.4. The molecular formula is C9H7BrF2O2. The van der Waals surface area contributed by atoms with Crippen LogP contribution in [-0.4, -0.2) is 11.1 Å². The molecule has 76 valence electrons. The molecule has 0 heterocycles. The predicted octanol–water partition coefficient (Wildman–Crippen LogP) is 3.02. The van der Waals surface area contributed by atoms with Gasteiger partial charge in [-0.1, -0.05) is 28.1 Å². The van der Waals surface area contributed by atoms with Gasteiger partial charge in [0.1, 0.15) is 6.42 Å². The van der Waals surface area contributed by atoms with E-state index in [2.05, 4.69) is 15.9 Å². The van der Waals surface area contributed by atoms with Gasteiger partial charge in [0.25, 0.3) is 5.92 Å². The summed E-state index contributed by atoms with van der Waals surface area (Å²) in [4.78, 5) is 10.2. The van der Waals surface area contributed by atoms with Crippen LogP contribution in [0.1, 0.15) is 12.0 Å². The lowest BCUT2D eigenvalue weighted by Crippen LogP contribution is -2.18. The Kier molecular flexibility index (Phi) is 3.21. The summed E-state index contributed by atoms with van der Waals surface area (Å²) < 4.78 is 27.0. The molecular weight excluding hydrogens is 258 g/mol. The van der Waals surface area contributed by atoms with Crippen LogP contribution in [0.5, 0.6) is 0 Å². The molecule has 0 radical (unpaired) electrons. The second-order valence-corrected chi connectivity index (χ2v) is 3.70. The minimum atomic E-state index is -3.31. The van der Waals surface area contributed by atoms with Crippen molar-refractivity contribution in [2.75, 3.05) is 0 Å². The van der Waals surface area contributed by atoms with E-state index in [0.29, 0.717) is 4.47 Å². The lowest BCUT2D eigenvalue weighted by molar-refractivity contribution is -0.145. The molecule has 0 fully saturated rings. The van der Waals surface area contributed by atoms with Crippen molar-refractivity contribution >= 4 is 21.9 Å². The fraction of sp³-hybridized carbons (Fsp3) is 0.222. The van der Waals surface area contributed by atoms with Gasteiger partial charge < -0.3 is 5.11 Å². The molecule has 0 aliphatic carbocycles. The van der Waals surface area contributed by atoms with Crippen molar-refractivity contribution in [1.82, 2.24) is 0 Å². The molecule has 0 aliphatic heterocycles. The van der Waals surface area contributed by atoms with Crippen LogP contribution in [0, 0.1) is 0 Å². The zero-order chi connectivity index (χ0) is 10.8. The number of rotatable bonds is 3. The first-order chi connectivity index (χ1) is 6.42. The molecule has 1 rings (SSSR count). The molecule has 0 saturated heterocycles. The Hall–Kier alpha value is -0.970. The largest absolute Gasteiger partial charge is 0.481 e. The van der Waals surface area contributed by atoms with Crippen LogP contribution in [0.15, 0.2) is 28.7 Å². The van der Waals surface area contributed by atoms with Crippen LogP contribution in [0.2, 0.25) is 0 Å². The first-order valence-corrected chi connectivity index (χ1v) is 4.57. The molecule has 14 heavy (non-hydrogen) atoms. The van der Waals surface area contributed by atoms with Gasteiger partial charge in [0, 0.05) is 10.0 Å². The van der Waals surface area contributed by atoms with E-state index in [0.717, 1.165) is 0 Å². The predicted molar refractivity (Wildman–Crippen MR) is 50.3 cm³/mol. The number of carbonyl (C=O) groups is 1. The topological polar surface area (TPSA) is 37.3 Å². The Bertz CT molecular complexity index is 335. The number of carboxylic acid groups (broad SMARTS) is 1. The van der Waals surface area contributed by atoms with Gasteiger partial charge in [0.15, 0.2) is 0 Å². The second kappa shape index (κ2) is 4.04. The highest BCUT2D eigenvalue weighted by Crippen LogP contribution is 2.32. The summed E-state index contributed by atoms with van der Waals surface area (Å²) >= 11 is 3.10. The van der Waals surface area contributed by atoms with Crippen LogP contribution >= 0.6 is 15.9 Å². The monoisotopic (exact) mass is 264 g/mol. The molecule has 0 aromatic heterocycles. The van der Waals surface area contributed by atoms with Crippen molar-refractivity contribution in [3.8, 4) is 0 Å². The molecule has 0 atom stereocenters. The molecule has 0 amide bonds. The van der Waals surface area contributed by atoms with Crippen LogP contribution in [0.4, 0.5) is 8.78 Å². The average Bonchev–Trinajstić information content (AvgIpc) is 2.02. The minimum absolute atomic E-state index is 0.289. The molecule has 1 aromatic carbocycles. The Morgan fingerprint density at radius 3 is 2.29 bits per heavy atom. The van der Waals surface area contributed by atoms with Crippen molar-refractivity contribution in [2.45, 2.75) is 12.3 Å². The van der Waals surface area contributed by atoms with Gasteiger partial charge in [0.2, 0.25) is 0 Å². The molecule has 0 unspecified atom stereocenters. The molecule has 0 saturated carbocycles. The third kappa shape index (κ3) is 2.77. The summed E-state index contributed by atoms with van der Waals surface area (Å²) in [6.07, 6.45) is -1.19. The van der Waals surface area contributed by atoms with Crippen molar-refractivity contribution in [1.29, 1.82) is 0 Å². The number of aliphatic carboxylic acids is 1. The van der Waals surface area contributed by atoms with Crippen molar-refractivity contribution in [2.24, 2.45) is 0 Å². The number of alkyl halides is 2. The Morgan fingerprint density at radius 1 is 1.36 bits per heavy atom. The molecule has 0 spiro atoms. The quantitative estimate of drug-likeness (QED) is 0.912. The summed E-state index contributed by atoms with van der Waals surface area (Å²) in [5.74, 6) is -4.83. The average molecular weight is 265 g/mol. The van der Waals surface area contributed by atoms with Crippen molar-refractivity contribution in [3.63, 3.8) is 0 Å². The SMILES string of the molecule is O=C(O)CC(F)(F)c1ccc(Br)cc1. The van der Waals surface area contributed by atoms with E-state index in [9.17, 15) is 13.6 Å². The van der Waals surface area contributed by atoms with Crippen molar-refractivity contribution in [3.05, 3.63) is 34.3 Å². The van der Waals surface area contributed by atoms with E-state index in [1.807, 2.05) is 0 Å². The maximum atomic E-state index is 13.1. The maximum Gasteiger partial charge on any atom is 0.309 e. The first kappa shape index (κ1) is 11.1. The van der Waals surface area contributed by atoms with Crippen molar-refractivity contribution < 1.29 is 18.7 Å². The van der Waals surface area contributed by atoms with E-state index in [4.69, 9.17) is 5.11 Å². The van der Waals surface area contributed by atoms with E-state index in [1.165, 1.54) is 24.3 Å². The van der Waals surface area contributed by atoms with E-state index in [-0.39, 0.29) is 5.56 Å². The number of halogens is 3. The highest BCUT2D eigenvalue weighted by atomic mass is 79.9. The molecule has 0 bridgehead atoms. The summed E-state index contributed by atoms with van der Waals surface area (Å²) in [6.45, 7) is 0. The van der Waals surface area contributed by atoms with Gasteiger partial charge in [-0.05, 0) is 12.1 Å². The first-order valence-electron chi connectivity index (χ1n) is 3.77. The summed E-state index contributed by atoms with van der Waals surface area (Å²) in [5, 5.41) is 8.28. The highest BCUT2D eigenvalue weighted by Gasteiger charge is 2.34. The summed E-state index contributed by atoms with van der Waals surface area (Å²) in [5.41, 5.74) is -0.289. The van der Waals surface area contributed by atoms with E-state index >= 15 is 0 Å². The lowest BCUT2D eigenvalue weighted by Gasteiger charge is -2.13. The lowest BCUT2D eigenvalue weighted by atomic mass is 10.1. The molecule has 0 aliphatic rings. The summed E-state index contributed by atoms with van der Waals surface area (Å²) in [7, 11) is 0. The number of hydrogen-bond donors (Lipinski definition) is 1. The van der Waals surface area contributed by atoms with Gasteiger partial charge in [-0.2, -0.15) is 0 Å².